The topological polar surface area (TPSA) is 20.2 Å². The van der Waals surface area contributed by atoms with Gasteiger partial charge in [0, 0.05) is 0 Å². The van der Waals surface area contributed by atoms with E-state index in [0.29, 0.717) is 17.5 Å². The van der Waals surface area contributed by atoms with E-state index >= 15 is 0 Å². The molecule has 0 aliphatic carbocycles. The first-order valence-corrected chi connectivity index (χ1v) is 4.59. The van der Waals surface area contributed by atoms with Crippen molar-refractivity contribution in [3.63, 3.8) is 0 Å². The summed E-state index contributed by atoms with van der Waals surface area (Å²) < 4.78 is 13.1. The average Bonchev–Trinajstić information content (AvgIpc) is 2.08. The fraction of sp³-hybridized carbons (Fsp3) is 0.333. The Morgan fingerprint density at radius 3 is 2.71 bits per heavy atom. The summed E-state index contributed by atoms with van der Waals surface area (Å²) in [5.74, 6) is -0.275. The zero-order chi connectivity index (χ0) is 10.7. The van der Waals surface area contributed by atoms with E-state index in [9.17, 15) is 9.50 Å². The molecule has 0 saturated heterocycles. The fourth-order valence-electron chi connectivity index (χ4n) is 1.26. The van der Waals surface area contributed by atoms with Gasteiger partial charge in [-0.1, -0.05) is 17.7 Å². The Bertz CT molecular complexity index is 344. The molecular formula is C12H15FO. The molecule has 76 valence electrons. The first kappa shape index (κ1) is 10.9. The van der Waals surface area contributed by atoms with Crippen LogP contribution in [0.15, 0.2) is 30.4 Å². The highest BCUT2D eigenvalue weighted by molar-refractivity contribution is 5.25. The molecule has 0 aromatic heterocycles. The number of halogens is 1. The highest BCUT2D eigenvalue weighted by atomic mass is 19.1. The van der Waals surface area contributed by atoms with E-state index in [0.717, 1.165) is 5.57 Å². The fourth-order valence-corrected chi connectivity index (χ4v) is 1.26. The largest absolute Gasteiger partial charge is 0.388 e. The normalized spacial score (nSPS) is 12.6. The van der Waals surface area contributed by atoms with Crippen LogP contribution in [0.2, 0.25) is 0 Å². The van der Waals surface area contributed by atoms with Crippen LogP contribution in [0, 0.1) is 12.7 Å². The van der Waals surface area contributed by atoms with Gasteiger partial charge in [-0.3, -0.25) is 0 Å². The Morgan fingerprint density at radius 1 is 1.57 bits per heavy atom. The number of aliphatic hydroxyl groups excluding tert-OH is 1. The van der Waals surface area contributed by atoms with Crippen molar-refractivity contribution < 1.29 is 9.50 Å². The van der Waals surface area contributed by atoms with Gasteiger partial charge in [0.1, 0.15) is 5.82 Å². The van der Waals surface area contributed by atoms with Crippen LogP contribution in [0.5, 0.6) is 0 Å². The molecule has 1 N–H and O–H groups in total. The molecule has 0 bridgehead atoms. The molecule has 1 atom stereocenters. The van der Waals surface area contributed by atoms with Crippen LogP contribution in [0.25, 0.3) is 0 Å². The SMILES string of the molecule is C=C(C)CC(O)c1ccc(C)c(F)c1. The summed E-state index contributed by atoms with van der Waals surface area (Å²) in [6.45, 7) is 7.25. The first-order chi connectivity index (χ1) is 6.50. The summed E-state index contributed by atoms with van der Waals surface area (Å²) in [7, 11) is 0. The first-order valence-electron chi connectivity index (χ1n) is 4.59. The molecule has 1 aromatic carbocycles. The second-order valence-corrected chi connectivity index (χ2v) is 3.69. The molecule has 0 radical (unpaired) electrons. The third-order valence-electron chi connectivity index (χ3n) is 2.12. The van der Waals surface area contributed by atoms with Gasteiger partial charge in [0.2, 0.25) is 0 Å². The number of hydrogen-bond donors (Lipinski definition) is 1. The van der Waals surface area contributed by atoms with Crippen molar-refractivity contribution in [2.75, 3.05) is 0 Å². The second kappa shape index (κ2) is 4.38. The van der Waals surface area contributed by atoms with Crippen molar-refractivity contribution in [2.24, 2.45) is 0 Å². The van der Waals surface area contributed by atoms with E-state index in [1.54, 1.807) is 19.1 Å². The maximum atomic E-state index is 13.1. The molecule has 0 spiro atoms. The van der Waals surface area contributed by atoms with Gasteiger partial charge in [-0.25, -0.2) is 4.39 Å². The predicted octanol–water partition coefficient (Wildman–Crippen LogP) is 3.13. The molecule has 1 rings (SSSR count). The minimum atomic E-state index is -0.650. The summed E-state index contributed by atoms with van der Waals surface area (Å²) >= 11 is 0. The Labute approximate surface area is 83.9 Å². The Balaban J connectivity index is 2.85. The zero-order valence-electron chi connectivity index (χ0n) is 8.55. The van der Waals surface area contributed by atoms with Gasteiger partial charge in [-0.2, -0.15) is 0 Å². The summed E-state index contributed by atoms with van der Waals surface area (Å²) in [6.07, 6.45) is -0.176. The number of aryl methyl sites for hydroxylation is 1. The molecule has 0 heterocycles. The van der Waals surface area contributed by atoms with Crippen molar-refractivity contribution >= 4 is 0 Å². The molecule has 0 amide bonds. The highest BCUT2D eigenvalue weighted by Crippen LogP contribution is 2.21. The van der Waals surface area contributed by atoms with Gasteiger partial charge in [0.25, 0.3) is 0 Å². The van der Waals surface area contributed by atoms with Crippen LogP contribution >= 0.6 is 0 Å². The van der Waals surface area contributed by atoms with Crippen molar-refractivity contribution in [3.05, 3.63) is 47.3 Å². The van der Waals surface area contributed by atoms with Gasteiger partial charge >= 0.3 is 0 Å². The molecule has 0 aliphatic rings. The summed E-state index contributed by atoms with van der Waals surface area (Å²) in [5.41, 5.74) is 2.09. The minimum Gasteiger partial charge on any atom is -0.388 e. The van der Waals surface area contributed by atoms with E-state index in [4.69, 9.17) is 0 Å². The smallest absolute Gasteiger partial charge is 0.126 e. The van der Waals surface area contributed by atoms with Gasteiger partial charge in [0.15, 0.2) is 0 Å². The van der Waals surface area contributed by atoms with Crippen molar-refractivity contribution in [1.82, 2.24) is 0 Å². The third-order valence-corrected chi connectivity index (χ3v) is 2.12. The number of rotatable bonds is 3. The second-order valence-electron chi connectivity index (χ2n) is 3.69. The van der Waals surface area contributed by atoms with E-state index in [1.807, 2.05) is 6.92 Å². The number of benzene rings is 1. The van der Waals surface area contributed by atoms with E-state index in [2.05, 4.69) is 6.58 Å². The molecule has 0 aliphatic heterocycles. The van der Waals surface area contributed by atoms with Crippen molar-refractivity contribution in [1.29, 1.82) is 0 Å². The third kappa shape index (κ3) is 2.67. The van der Waals surface area contributed by atoms with Gasteiger partial charge < -0.3 is 5.11 Å². The van der Waals surface area contributed by atoms with E-state index in [1.165, 1.54) is 6.07 Å². The molecule has 0 saturated carbocycles. The lowest BCUT2D eigenvalue weighted by Gasteiger charge is -2.11. The maximum absolute atomic E-state index is 13.1. The average molecular weight is 194 g/mol. The maximum Gasteiger partial charge on any atom is 0.126 e. The lowest BCUT2D eigenvalue weighted by atomic mass is 10.0. The van der Waals surface area contributed by atoms with Crippen molar-refractivity contribution in [2.45, 2.75) is 26.4 Å². The van der Waals surface area contributed by atoms with Crippen molar-refractivity contribution in [3.8, 4) is 0 Å². The van der Waals surface area contributed by atoms with E-state index in [-0.39, 0.29) is 5.82 Å². The lowest BCUT2D eigenvalue weighted by molar-refractivity contribution is 0.178. The van der Waals surface area contributed by atoms with Crippen LogP contribution in [-0.2, 0) is 0 Å². The van der Waals surface area contributed by atoms with Crippen LogP contribution < -0.4 is 0 Å². The molecular weight excluding hydrogens is 179 g/mol. The Hall–Kier alpha value is -1.15. The van der Waals surface area contributed by atoms with Crippen LogP contribution in [-0.4, -0.2) is 5.11 Å². The van der Waals surface area contributed by atoms with Gasteiger partial charge in [0.05, 0.1) is 6.10 Å². The predicted molar refractivity (Wildman–Crippen MR) is 55.5 cm³/mol. The monoisotopic (exact) mass is 194 g/mol. The van der Waals surface area contributed by atoms with E-state index < -0.39 is 6.10 Å². The summed E-state index contributed by atoms with van der Waals surface area (Å²) in [6, 6.07) is 4.79. The summed E-state index contributed by atoms with van der Waals surface area (Å²) in [5, 5.41) is 9.68. The molecule has 1 unspecified atom stereocenters. The quantitative estimate of drug-likeness (QED) is 0.733. The molecule has 1 aromatic rings. The van der Waals surface area contributed by atoms with Crippen LogP contribution in [0.3, 0.4) is 0 Å². The molecule has 2 heteroatoms. The Kier molecular flexibility index (Phi) is 3.42. The van der Waals surface area contributed by atoms with Gasteiger partial charge in [-0.15, -0.1) is 6.58 Å². The number of aliphatic hydroxyl groups is 1. The standard InChI is InChI=1S/C12H15FO/c1-8(2)6-12(14)10-5-4-9(3)11(13)7-10/h4-5,7,12,14H,1,6H2,2-3H3. The van der Waals surface area contributed by atoms with Crippen LogP contribution in [0.4, 0.5) is 4.39 Å². The van der Waals surface area contributed by atoms with Gasteiger partial charge in [-0.05, 0) is 37.5 Å². The van der Waals surface area contributed by atoms with Crippen LogP contribution in [0.1, 0.15) is 30.6 Å². The Morgan fingerprint density at radius 2 is 2.21 bits per heavy atom. The lowest BCUT2D eigenvalue weighted by Crippen LogP contribution is -1.99. The molecule has 0 fully saturated rings. The zero-order valence-corrected chi connectivity index (χ0v) is 8.55. The summed E-state index contributed by atoms with van der Waals surface area (Å²) in [4.78, 5) is 0. The highest BCUT2D eigenvalue weighted by Gasteiger charge is 2.09. The molecule has 1 nitrogen and oxygen atoms in total. The molecule has 14 heavy (non-hydrogen) atoms. The minimum absolute atomic E-state index is 0.275. The number of hydrogen-bond acceptors (Lipinski definition) is 1.